The predicted octanol–water partition coefficient (Wildman–Crippen LogP) is -0.166. The van der Waals surface area contributed by atoms with Crippen molar-refractivity contribution in [2.45, 2.75) is 6.54 Å². The van der Waals surface area contributed by atoms with Gasteiger partial charge in [-0.1, -0.05) is 15.9 Å². The van der Waals surface area contributed by atoms with Crippen molar-refractivity contribution in [2.75, 3.05) is 5.33 Å². The largest absolute Gasteiger partial charge is 0.288 e. The van der Waals surface area contributed by atoms with Gasteiger partial charge in [0, 0.05) is 11.9 Å². The van der Waals surface area contributed by atoms with Crippen LogP contribution in [0.4, 0.5) is 0 Å². The molecule has 6 nitrogen and oxygen atoms in total. The van der Waals surface area contributed by atoms with Gasteiger partial charge in [0.2, 0.25) is 0 Å². The number of halogens is 1. The second-order valence-corrected chi connectivity index (χ2v) is 4.97. The third-order valence-corrected chi connectivity index (χ3v) is 3.49. The molecular formula is C12H7BrN2O4. The third-order valence-electron chi connectivity index (χ3n) is 3.13. The van der Waals surface area contributed by atoms with Crippen molar-refractivity contribution >= 4 is 37.5 Å². The highest BCUT2D eigenvalue weighted by molar-refractivity contribution is 9.09. The van der Waals surface area contributed by atoms with Crippen molar-refractivity contribution in [2.24, 2.45) is 0 Å². The molecule has 7 heteroatoms. The van der Waals surface area contributed by atoms with Gasteiger partial charge in [-0.25, -0.2) is 0 Å². The first-order chi connectivity index (χ1) is 9.04. The van der Waals surface area contributed by atoms with Crippen molar-refractivity contribution < 1.29 is 0 Å². The predicted molar refractivity (Wildman–Crippen MR) is 75.0 cm³/mol. The van der Waals surface area contributed by atoms with Gasteiger partial charge < -0.3 is 0 Å². The van der Waals surface area contributed by atoms with E-state index < -0.39 is 22.2 Å². The summed E-state index contributed by atoms with van der Waals surface area (Å²) in [5.41, 5.74) is -1.95. The van der Waals surface area contributed by atoms with E-state index in [1.54, 1.807) is 0 Å². The van der Waals surface area contributed by atoms with E-state index in [0.29, 0.717) is 5.33 Å². The fourth-order valence-electron chi connectivity index (χ4n) is 2.24. The average molecular weight is 323 g/mol. The normalized spacial score (nSPS) is 11.6. The molecule has 0 aliphatic rings. The van der Waals surface area contributed by atoms with E-state index in [-0.39, 0.29) is 28.1 Å². The van der Waals surface area contributed by atoms with Crippen LogP contribution in [0.5, 0.6) is 0 Å². The molecule has 0 amide bonds. The number of hydrogen-bond donors (Lipinski definition) is 1. The molecule has 0 saturated carbocycles. The van der Waals surface area contributed by atoms with Crippen molar-refractivity contribution in [3.8, 4) is 0 Å². The maximum Gasteiger partial charge on any atom is 0.261 e. The Morgan fingerprint density at radius 3 is 1.79 bits per heavy atom. The summed E-state index contributed by atoms with van der Waals surface area (Å²) in [6.45, 7) is 0.247. The van der Waals surface area contributed by atoms with Crippen molar-refractivity contribution in [3.05, 3.63) is 53.5 Å². The molecule has 3 rings (SSSR count). The number of nitrogens with zero attached hydrogens (tertiary/aromatic N) is 1. The summed E-state index contributed by atoms with van der Waals surface area (Å²) in [6.07, 6.45) is 0. The minimum absolute atomic E-state index is 0.144. The Labute approximate surface area is 113 Å². The van der Waals surface area contributed by atoms with Gasteiger partial charge in [0.15, 0.2) is 0 Å². The molecular weight excluding hydrogens is 316 g/mol. The summed E-state index contributed by atoms with van der Waals surface area (Å²) in [6, 6.07) is 2.64. The van der Waals surface area contributed by atoms with Crippen LogP contribution < -0.4 is 22.2 Å². The SMILES string of the molecule is O=c1[nH]c(=O)c2cc3c(=O)n(CCBr)c(=O)c3cc12. The number of benzene rings is 1. The quantitative estimate of drug-likeness (QED) is 0.664. The van der Waals surface area contributed by atoms with Crippen LogP contribution in [0, 0.1) is 0 Å². The Morgan fingerprint density at radius 1 is 0.895 bits per heavy atom. The van der Waals surface area contributed by atoms with Gasteiger partial charge in [0.1, 0.15) is 0 Å². The Balaban J connectivity index is 2.58. The number of hydrogen-bond acceptors (Lipinski definition) is 4. The molecule has 0 radical (unpaired) electrons. The number of aromatic nitrogens is 2. The topological polar surface area (TPSA) is 89.0 Å². The van der Waals surface area contributed by atoms with Crippen LogP contribution in [0.2, 0.25) is 0 Å². The van der Waals surface area contributed by atoms with E-state index in [4.69, 9.17) is 0 Å². The molecule has 1 aromatic carbocycles. The minimum Gasteiger partial charge on any atom is -0.288 e. The van der Waals surface area contributed by atoms with Gasteiger partial charge in [-0.15, -0.1) is 0 Å². The standard InChI is InChI=1S/C12H7BrN2O4/c13-1-2-15-11(18)7-3-5-6(4-8(7)12(15)19)10(17)14-9(5)16/h3-4H,1-2H2,(H,14,16,17). The molecule has 2 aromatic heterocycles. The maximum absolute atomic E-state index is 12.1. The summed E-state index contributed by atoms with van der Waals surface area (Å²) >= 11 is 3.17. The van der Waals surface area contributed by atoms with Crippen LogP contribution >= 0.6 is 15.9 Å². The van der Waals surface area contributed by atoms with Crippen LogP contribution in [0.3, 0.4) is 0 Å². The molecule has 0 bridgehead atoms. The lowest BCUT2D eigenvalue weighted by atomic mass is 10.1. The monoisotopic (exact) mass is 322 g/mol. The lowest BCUT2D eigenvalue weighted by Gasteiger charge is -1.92. The van der Waals surface area contributed by atoms with Crippen molar-refractivity contribution in [1.82, 2.24) is 9.55 Å². The number of H-pyrrole nitrogens is 1. The molecule has 19 heavy (non-hydrogen) atoms. The zero-order valence-electron chi connectivity index (χ0n) is 9.53. The fourth-order valence-corrected chi connectivity index (χ4v) is 2.59. The lowest BCUT2D eigenvalue weighted by molar-refractivity contribution is 0.734. The second kappa shape index (κ2) is 3.99. The highest BCUT2D eigenvalue weighted by Crippen LogP contribution is 2.13. The van der Waals surface area contributed by atoms with E-state index in [2.05, 4.69) is 20.9 Å². The molecule has 0 spiro atoms. The van der Waals surface area contributed by atoms with E-state index in [9.17, 15) is 19.2 Å². The number of rotatable bonds is 2. The molecule has 0 atom stereocenters. The second-order valence-electron chi connectivity index (χ2n) is 4.18. The van der Waals surface area contributed by atoms with E-state index >= 15 is 0 Å². The Bertz CT molecular complexity index is 929. The third kappa shape index (κ3) is 1.54. The first-order valence-electron chi connectivity index (χ1n) is 5.50. The Hall–Kier alpha value is -2.02. The van der Waals surface area contributed by atoms with Crippen molar-refractivity contribution in [3.63, 3.8) is 0 Å². The zero-order chi connectivity index (χ0) is 13.7. The first kappa shape index (κ1) is 12.0. The highest BCUT2D eigenvalue weighted by Gasteiger charge is 2.16. The van der Waals surface area contributed by atoms with Crippen LogP contribution in [-0.4, -0.2) is 14.9 Å². The summed E-state index contributed by atoms with van der Waals surface area (Å²) in [7, 11) is 0. The Kier molecular flexibility index (Phi) is 2.53. The highest BCUT2D eigenvalue weighted by atomic mass is 79.9. The molecule has 0 fully saturated rings. The fraction of sp³-hybridized carbons (Fsp3) is 0.167. The first-order valence-corrected chi connectivity index (χ1v) is 6.62. The summed E-state index contributed by atoms with van der Waals surface area (Å²) in [5.74, 6) is 0. The van der Waals surface area contributed by atoms with E-state index in [1.165, 1.54) is 12.1 Å². The maximum atomic E-state index is 12.1. The number of aromatic amines is 1. The molecule has 0 saturated heterocycles. The van der Waals surface area contributed by atoms with E-state index in [1.807, 2.05) is 0 Å². The van der Waals surface area contributed by atoms with Crippen LogP contribution in [0.1, 0.15) is 0 Å². The van der Waals surface area contributed by atoms with Gasteiger partial charge in [-0.2, -0.15) is 0 Å². The van der Waals surface area contributed by atoms with Gasteiger partial charge in [-0.05, 0) is 12.1 Å². The number of nitrogens with one attached hydrogen (secondary N) is 1. The van der Waals surface area contributed by atoms with Gasteiger partial charge in [-0.3, -0.25) is 28.7 Å². The summed E-state index contributed by atoms with van der Waals surface area (Å²) in [4.78, 5) is 49.3. The van der Waals surface area contributed by atoms with Gasteiger partial charge >= 0.3 is 0 Å². The molecule has 0 unspecified atom stereocenters. The zero-order valence-corrected chi connectivity index (χ0v) is 11.1. The molecule has 0 aliphatic carbocycles. The summed E-state index contributed by atoms with van der Waals surface area (Å²) in [5, 5.41) is 1.11. The number of fused-ring (bicyclic) bond motifs is 2. The van der Waals surface area contributed by atoms with E-state index in [0.717, 1.165) is 4.57 Å². The lowest BCUT2D eigenvalue weighted by Crippen LogP contribution is -2.25. The minimum atomic E-state index is -0.540. The number of alkyl halides is 1. The van der Waals surface area contributed by atoms with Crippen LogP contribution in [0.15, 0.2) is 31.3 Å². The molecule has 1 N–H and O–H groups in total. The van der Waals surface area contributed by atoms with Crippen LogP contribution in [-0.2, 0) is 6.54 Å². The molecule has 0 aliphatic heterocycles. The average Bonchev–Trinajstić information content (AvgIpc) is 2.79. The molecule has 2 heterocycles. The van der Waals surface area contributed by atoms with Crippen molar-refractivity contribution in [1.29, 1.82) is 0 Å². The molecule has 3 aromatic rings. The smallest absolute Gasteiger partial charge is 0.261 e. The van der Waals surface area contributed by atoms with Crippen LogP contribution in [0.25, 0.3) is 21.5 Å². The van der Waals surface area contributed by atoms with Gasteiger partial charge in [0.25, 0.3) is 22.2 Å². The Morgan fingerprint density at radius 2 is 1.37 bits per heavy atom. The van der Waals surface area contributed by atoms with Gasteiger partial charge in [0.05, 0.1) is 21.5 Å². The molecule has 96 valence electrons. The summed E-state index contributed by atoms with van der Waals surface area (Å²) < 4.78 is 1.09.